The highest BCUT2D eigenvalue weighted by atomic mass is 28.4. The van der Waals surface area contributed by atoms with Crippen LogP contribution < -0.4 is 0 Å². The standard InChI is InChI=1S/C41H58O3Si/c1-14-41(15-2,35-23-24-36(29(4)27-35)32-16-18-33(19-17-32)38(43)30(5)42)34-22-20-31(28(3)26-34)21-25-37(39(6,7)8)44-45(12,13)40(9,10)11/h16-20,22-24,26-27,37H,14-15,21,25H2,1-13H3. The predicted molar refractivity (Wildman–Crippen MR) is 194 cm³/mol. The van der Waals surface area contributed by atoms with Crippen molar-refractivity contribution in [3.05, 3.63) is 94.0 Å². The van der Waals surface area contributed by atoms with Gasteiger partial charge >= 0.3 is 0 Å². The van der Waals surface area contributed by atoms with E-state index in [1.165, 1.54) is 34.7 Å². The van der Waals surface area contributed by atoms with Crippen molar-refractivity contribution in [2.24, 2.45) is 5.41 Å². The highest BCUT2D eigenvalue weighted by Gasteiger charge is 2.41. The van der Waals surface area contributed by atoms with Crippen molar-refractivity contribution >= 4 is 19.9 Å². The summed E-state index contributed by atoms with van der Waals surface area (Å²) in [6.07, 6.45) is 4.27. The summed E-state index contributed by atoms with van der Waals surface area (Å²) in [5.74, 6) is -0.883. The molecular formula is C41H58O3Si. The third kappa shape index (κ3) is 8.13. The van der Waals surface area contributed by atoms with E-state index >= 15 is 0 Å². The first-order chi connectivity index (χ1) is 20.8. The molecule has 0 fully saturated rings. The minimum Gasteiger partial charge on any atom is -0.413 e. The Morgan fingerprint density at radius 3 is 1.76 bits per heavy atom. The maximum Gasteiger partial charge on any atom is 0.228 e. The molecule has 45 heavy (non-hydrogen) atoms. The molecule has 3 nitrogen and oxygen atoms in total. The third-order valence-corrected chi connectivity index (χ3v) is 15.0. The van der Waals surface area contributed by atoms with Gasteiger partial charge in [-0.3, -0.25) is 9.59 Å². The molecular weight excluding hydrogens is 569 g/mol. The van der Waals surface area contributed by atoms with Crippen LogP contribution in [0.15, 0.2) is 60.7 Å². The fraction of sp³-hybridized carbons (Fsp3) is 0.512. The fourth-order valence-corrected chi connectivity index (χ4v) is 7.82. The second-order valence-electron chi connectivity index (χ2n) is 15.7. The van der Waals surface area contributed by atoms with E-state index in [1.54, 1.807) is 12.1 Å². The molecule has 0 spiro atoms. The van der Waals surface area contributed by atoms with E-state index in [-0.39, 0.29) is 22.0 Å². The highest BCUT2D eigenvalue weighted by Crippen LogP contribution is 2.43. The Kier molecular flexibility index (Phi) is 11.3. The number of hydrogen-bond donors (Lipinski definition) is 0. The smallest absolute Gasteiger partial charge is 0.228 e. The molecule has 3 aromatic rings. The van der Waals surface area contributed by atoms with Crippen molar-refractivity contribution in [2.75, 3.05) is 0 Å². The van der Waals surface area contributed by atoms with Crippen molar-refractivity contribution in [1.29, 1.82) is 0 Å². The lowest BCUT2D eigenvalue weighted by Crippen LogP contribution is -2.47. The molecule has 3 rings (SSSR count). The molecule has 0 saturated heterocycles. The summed E-state index contributed by atoms with van der Waals surface area (Å²) in [5, 5.41) is 0.190. The average molecular weight is 627 g/mol. The molecule has 244 valence electrons. The number of Topliss-reactive ketones (excluding diaryl/α,β-unsaturated/α-hetero) is 2. The summed E-state index contributed by atoms with van der Waals surface area (Å²) < 4.78 is 6.99. The van der Waals surface area contributed by atoms with Crippen LogP contribution >= 0.6 is 0 Å². The fourth-order valence-electron chi connectivity index (χ4n) is 6.28. The quantitative estimate of drug-likeness (QED) is 0.114. The van der Waals surface area contributed by atoms with E-state index in [1.807, 2.05) is 12.1 Å². The summed E-state index contributed by atoms with van der Waals surface area (Å²) in [6, 6.07) is 21.4. The molecule has 0 amide bonds. The van der Waals surface area contributed by atoms with E-state index in [0.717, 1.165) is 36.8 Å². The van der Waals surface area contributed by atoms with E-state index < -0.39 is 19.9 Å². The van der Waals surface area contributed by atoms with Crippen molar-refractivity contribution in [1.82, 2.24) is 0 Å². The number of carbonyl (C=O) groups is 2. The van der Waals surface area contributed by atoms with Crippen molar-refractivity contribution in [3.8, 4) is 11.1 Å². The Labute approximate surface area is 275 Å². The lowest BCUT2D eigenvalue weighted by molar-refractivity contribution is -0.113. The topological polar surface area (TPSA) is 43.4 Å². The Bertz CT molecular complexity index is 1500. The first-order valence-electron chi connectivity index (χ1n) is 16.8. The average Bonchev–Trinajstić information content (AvgIpc) is 2.95. The zero-order valence-electron chi connectivity index (χ0n) is 30.4. The van der Waals surface area contributed by atoms with E-state index in [0.29, 0.717) is 5.56 Å². The maximum atomic E-state index is 12.1. The van der Waals surface area contributed by atoms with Gasteiger partial charge in [-0.05, 0) is 102 Å². The molecule has 1 atom stereocenters. The molecule has 0 aliphatic carbocycles. The normalized spacial score (nSPS) is 13.5. The van der Waals surface area contributed by atoms with Crippen molar-refractivity contribution in [3.63, 3.8) is 0 Å². The van der Waals surface area contributed by atoms with Crippen molar-refractivity contribution in [2.45, 2.75) is 131 Å². The van der Waals surface area contributed by atoms with Gasteiger partial charge in [0.1, 0.15) is 0 Å². The van der Waals surface area contributed by atoms with Gasteiger partial charge in [-0.1, -0.05) is 116 Å². The van der Waals surface area contributed by atoms with Crippen LogP contribution in [0.5, 0.6) is 0 Å². The van der Waals surface area contributed by atoms with Crippen LogP contribution in [0.25, 0.3) is 11.1 Å². The number of aryl methyl sites for hydroxylation is 3. The van der Waals surface area contributed by atoms with E-state index in [2.05, 4.69) is 119 Å². The first-order valence-corrected chi connectivity index (χ1v) is 19.7. The molecule has 0 aromatic heterocycles. The van der Waals surface area contributed by atoms with Gasteiger partial charge < -0.3 is 4.43 Å². The molecule has 0 aliphatic rings. The van der Waals surface area contributed by atoms with Gasteiger partial charge in [0.2, 0.25) is 5.78 Å². The summed E-state index contributed by atoms with van der Waals surface area (Å²) in [4.78, 5) is 23.6. The van der Waals surface area contributed by atoms with Gasteiger partial charge in [0, 0.05) is 17.9 Å². The van der Waals surface area contributed by atoms with Crippen molar-refractivity contribution < 1.29 is 14.0 Å². The molecule has 0 aliphatic heterocycles. The zero-order chi connectivity index (χ0) is 34.0. The molecule has 0 radical (unpaired) electrons. The molecule has 0 saturated carbocycles. The Morgan fingerprint density at radius 1 is 0.778 bits per heavy atom. The van der Waals surface area contributed by atoms with Crippen LogP contribution in [-0.2, 0) is 21.1 Å². The van der Waals surface area contributed by atoms with Gasteiger partial charge in [-0.2, -0.15) is 0 Å². The molecule has 0 N–H and O–H groups in total. The van der Waals surface area contributed by atoms with Gasteiger partial charge in [0.25, 0.3) is 0 Å². The summed E-state index contributed by atoms with van der Waals surface area (Å²) in [6.45, 7) is 29.0. The number of benzene rings is 3. The van der Waals surface area contributed by atoms with Crippen LogP contribution in [0.3, 0.4) is 0 Å². The zero-order valence-corrected chi connectivity index (χ0v) is 31.4. The molecule has 0 bridgehead atoms. The number of rotatable bonds is 12. The maximum absolute atomic E-state index is 12.1. The molecule has 1 unspecified atom stereocenters. The van der Waals surface area contributed by atoms with Crippen LogP contribution in [-0.4, -0.2) is 26.0 Å². The lowest BCUT2D eigenvalue weighted by Gasteiger charge is -2.43. The third-order valence-electron chi connectivity index (χ3n) is 10.5. The molecule has 3 aromatic carbocycles. The second-order valence-corrected chi connectivity index (χ2v) is 20.5. The summed E-state index contributed by atoms with van der Waals surface area (Å²) in [7, 11) is -1.88. The highest BCUT2D eigenvalue weighted by molar-refractivity contribution is 6.74. The van der Waals surface area contributed by atoms with Crippen LogP contribution in [0.2, 0.25) is 18.1 Å². The van der Waals surface area contributed by atoms with E-state index in [4.69, 9.17) is 4.43 Å². The van der Waals surface area contributed by atoms with Gasteiger partial charge in [0.15, 0.2) is 14.1 Å². The number of carbonyl (C=O) groups excluding carboxylic acids is 2. The first kappa shape index (κ1) is 36.6. The monoisotopic (exact) mass is 626 g/mol. The van der Waals surface area contributed by atoms with Crippen LogP contribution in [0, 0.1) is 19.3 Å². The Balaban J connectivity index is 1.89. The molecule has 0 heterocycles. The number of ketones is 2. The predicted octanol–water partition coefficient (Wildman–Crippen LogP) is 11.2. The lowest BCUT2D eigenvalue weighted by atomic mass is 9.69. The van der Waals surface area contributed by atoms with E-state index in [9.17, 15) is 9.59 Å². The summed E-state index contributed by atoms with van der Waals surface area (Å²) >= 11 is 0. The minimum absolute atomic E-state index is 0.0796. The Hall–Kier alpha value is -2.82. The molecule has 4 heteroatoms. The largest absolute Gasteiger partial charge is 0.413 e. The number of hydrogen-bond acceptors (Lipinski definition) is 3. The Morgan fingerprint density at radius 2 is 1.31 bits per heavy atom. The van der Waals surface area contributed by atoms with Crippen LogP contribution in [0.4, 0.5) is 0 Å². The van der Waals surface area contributed by atoms with Gasteiger partial charge in [-0.15, -0.1) is 0 Å². The van der Waals surface area contributed by atoms with Crippen LogP contribution in [0.1, 0.15) is 120 Å². The van der Waals surface area contributed by atoms with Gasteiger partial charge in [0.05, 0.1) is 6.10 Å². The minimum atomic E-state index is -1.88. The van der Waals surface area contributed by atoms with Gasteiger partial charge in [-0.25, -0.2) is 0 Å². The SMILES string of the molecule is CCC(CC)(c1ccc(CCC(O[Si](C)(C)C(C)(C)C)C(C)(C)C)c(C)c1)c1ccc(-c2ccc(C(=O)C(C)=O)cc2)c(C)c1. The summed E-state index contributed by atoms with van der Waals surface area (Å²) in [5.41, 5.74) is 9.30. The second kappa shape index (κ2) is 13.9.